The summed E-state index contributed by atoms with van der Waals surface area (Å²) in [5.74, 6) is -1.30. The van der Waals surface area contributed by atoms with Crippen LogP contribution in [0.5, 0.6) is 0 Å². The molecular formula is C21H14F2N4. The van der Waals surface area contributed by atoms with Crippen molar-refractivity contribution in [3.8, 4) is 5.69 Å². The Morgan fingerprint density at radius 1 is 0.815 bits per heavy atom. The van der Waals surface area contributed by atoms with E-state index >= 15 is 0 Å². The number of fused-ring (bicyclic) bond motifs is 3. The molecule has 4 nitrogen and oxygen atoms in total. The highest BCUT2D eigenvalue weighted by Gasteiger charge is 2.13. The van der Waals surface area contributed by atoms with Crippen LogP contribution in [0, 0.1) is 11.6 Å². The Morgan fingerprint density at radius 3 is 2.15 bits per heavy atom. The minimum Gasteiger partial charge on any atom is -0.334 e. The lowest BCUT2D eigenvalue weighted by Gasteiger charge is -2.05. The molecular weight excluding hydrogens is 346 g/mol. The van der Waals surface area contributed by atoms with E-state index < -0.39 is 11.6 Å². The van der Waals surface area contributed by atoms with Crippen LogP contribution >= 0.6 is 0 Å². The summed E-state index contributed by atoms with van der Waals surface area (Å²) in [7, 11) is 0. The molecule has 0 bridgehead atoms. The molecule has 0 aliphatic carbocycles. The summed E-state index contributed by atoms with van der Waals surface area (Å²) in [5.41, 5.74) is 3.05. The fourth-order valence-corrected chi connectivity index (χ4v) is 3.49. The molecule has 0 saturated carbocycles. The molecule has 27 heavy (non-hydrogen) atoms. The molecule has 2 aromatic heterocycles. The van der Waals surface area contributed by atoms with Gasteiger partial charge in [0, 0.05) is 27.9 Å². The van der Waals surface area contributed by atoms with E-state index in [0.717, 1.165) is 17.1 Å². The number of para-hydroxylation sites is 2. The van der Waals surface area contributed by atoms with Gasteiger partial charge in [0.25, 0.3) is 0 Å². The van der Waals surface area contributed by atoms with Crippen LogP contribution in [0.4, 0.5) is 8.78 Å². The first-order valence-electron chi connectivity index (χ1n) is 8.53. The molecule has 0 aliphatic heterocycles. The van der Waals surface area contributed by atoms with Gasteiger partial charge in [0.1, 0.15) is 17.2 Å². The third-order valence-electron chi connectivity index (χ3n) is 4.70. The van der Waals surface area contributed by atoms with Crippen molar-refractivity contribution in [2.24, 2.45) is 0 Å². The van der Waals surface area contributed by atoms with Crippen molar-refractivity contribution in [3.63, 3.8) is 0 Å². The highest BCUT2D eigenvalue weighted by molar-refractivity contribution is 6.07. The zero-order valence-corrected chi connectivity index (χ0v) is 14.2. The standard InChI is InChI=1S/C21H14F2N4/c22-14-9-10-21(18(23)11-14)27-13-15(24-25-27)12-26-19-7-3-1-5-16(19)17-6-2-4-8-20(17)26/h1-11,13H,12H2. The van der Waals surface area contributed by atoms with E-state index in [1.165, 1.54) is 27.6 Å². The van der Waals surface area contributed by atoms with Crippen molar-refractivity contribution >= 4 is 21.8 Å². The highest BCUT2D eigenvalue weighted by Crippen LogP contribution is 2.29. The molecule has 2 heterocycles. The third-order valence-corrected chi connectivity index (χ3v) is 4.70. The monoisotopic (exact) mass is 360 g/mol. The largest absolute Gasteiger partial charge is 0.334 e. The van der Waals surface area contributed by atoms with Crippen LogP contribution in [0.25, 0.3) is 27.5 Å². The SMILES string of the molecule is Fc1ccc(-n2cc(Cn3c4ccccc4c4ccccc43)nn2)c(F)c1. The zero-order valence-electron chi connectivity index (χ0n) is 14.2. The lowest BCUT2D eigenvalue weighted by Crippen LogP contribution is -2.00. The van der Waals surface area contributed by atoms with E-state index in [2.05, 4.69) is 39.1 Å². The Morgan fingerprint density at radius 2 is 1.48 bits per heavy atom. The Bertz CT molecular complexity index is 1230. The number of rotatable bonds is 3. The van der Waals surface area contributed by atoms with E-state index in [1.807, 2.05) is 24.3 Å². The minimum absolute atomic E-state index is 0.164. The lowest BCUT2D eigenvalue weighted by atomic mass is 10.2. The highest BCUT2D eigenvalue weighted by atomic mass is 19.1. The summed E-state index contributed by atoms with van der Waals surface area (Å²) in [6, 6.07) is 19.8. The third kappa shape index (κ3) is 2.57. The van der Waals surface area contributed by atoms with Gasteiger partial charge >= 0.3 is 0 Å². The van der Waals surface area contributed by atoms with Gasteiger partial charge < -0.3 is 4.57 Å². The Kier molecular flexibility index (Phi) is 3.50. The van der Waals surface area contributed by atoms with Gasteiger partial charge in [-0.1, -0.05) is 41.6 Å². The molecule has 0 amide bonds. The summed E-state index contributed by atoms with van der Waals surface area (Å²) in [4.78, 5) is 0. The number of hydrogen-bond donors (Lipinski definition) is 0. The number of nitrogens with zero attached hydrogens (tertiary/aromatic N) is 4. The van der Waals surface area contributed by atoms with Gasteiger partial charge in [-0.15, -0.1) is 5.10 Å². The smallest absolute Gasteiger partial charge is 0.151 e. The van der Waals surface area contributed by atoms with E-state index in [-0.39, 0.29) is 5.69 Å². The number of aromatic nitrogens is 4. The Balaban J connectivity index is 1.59. The minimum atomic E-state index is -0.677. The fraction of sp³-hybridized carbons (Fsp3) is 0.0476. The molecule has 5 rings (SSSR count). The molecule has 0 fully saturated rings. The Hall–Kier alpha value is -3.54. The molecule has 6 heteroatoms. The maximum absolute atomic E-state index is 14.0. The molecule has 0 spiro atoms. The van der Waals surface area contributed by atoms with Gasteiger partial charge in [0.2, 0.25) is 0 Å². The Labute approximate surface area is 153 Å². The molecule has 0 N–H and O–H groups in total. The molecule has 0 unspecified atom stereocenters. The lowest BCUT2D eigenvalue weighted by molar-refractivity contribution is 0.572. The van der Waals surface area contributed by atoms with Gasteiger partial charge in [-0.3, -0.25) is 0 Å². The van der Waals surface area contributed by atoms with Gasteiger partial charge in [-0.05, 0) is 24.3 Å². The van der Waals surface area contributed by atoms with Crippen molar-refractivity contribution in [1.29, 1.82) is 0 Å². The first-order valence-corrected chi connectivity index (χ1v) is 8.53. The van der Waals surface area contributed by atoms with Crippen molar-refractivity contribution in [2.45, 2.75) is 6.54 Å². The zero-order chi connectivity index (χ0) is 18.4. The quantitative estimate of drug-likeness (QED) is 0.467. The van der Waals surface area contributed by atoms with Crippen molar-refractivity contribution < 1.29 is 8.78 Å². The second-order valence-electron chi connectivity index (χ2n) is 6.37. The summed E-state index contributed by atoms with van der Waals surface area (Å²) >= 11 is 0. The second-order valence-corrected chi connectivity index (χ2v) is 6.37. The van der Waals surface area contributed by atoms with Crippen LogP contribution in [0.1, 0.15) is 5.69 Å². The van der Waals surface area contributed by atoms with Gasteiger partial charge in [-0.25, -0.2) is 13.5 Å². The fourth-order valence-electron chi connectivity index (χ4n) is 3.49. The van der Waals surface area contributed by atoms with Crippen LogP contribution in [-0.2, 0) is 6.54 Å². The van der Waals surface area contributed by atoms with Crippen LogP contribution in [0.3, 0.4) is 0 Å². The summed E-state index contributed by atoms with van der Waals surface area (Å²) in [5, 5.41) is 10.5. The number of benzene rings is 3. The molecule has 3 aromatic carbocycles. The number of hydrogen-bond acceptors (Lipinski definition) is 2. The number of halogens is 2. The predicted molar refractivity (Wildman–Crippen MR) is 99.8 cm³/mol. The molecule has 5 aromatic rings. The second kappa shape index (κ2) is 6.02. The van der Waals surface area contributed by atoms with Gasteiger partial charge in [-0.2, -0.15) is 0 Å². The average molecular weight is 360 g/mol. The van der Waals surface area contributed by atoms with E-state index in [9.17, 15) is 8.78 Å². The van der Waals surface area contributed by atoms with Crippen LogP contribution < -0.4 is 0 Å². The van der Waals surface area contributed by atoms with Gasteiger partial charge in [0.15, 0.2) is 5.82 Å². The van der Waals surface area contributed by atoms with Gasteiger partial charge in [0.05, 0.1) is 12.7 Å². The molecule has 132 valence electrons. The maximum atomic E-state index is 14.0. The molecule has 0 saturated heterocycles. The predicted octanol–water partition coefficient (Wildman–Crippen LogP) is 4.70. The first-order chi connectivity index (χ1) is 13.2. The van der Waals surface area contributed by atoms with Crippen molar-refractivity contribution in [2.75, 3.05) is 0 Å². The molecule has 0 atom stereocenters. The normalized spacial score (nSPS) is 11.5. The summed E-state index contributed by atoms with van der Waals surface area (Å²) in [6.07, 6.45) is 1.67. The van der Waals surface area contributed by atoms with Crippen molar-refractivity contribution in [1.82, 2.24) is 19.6 Å². The van der Waals surface area contributed by atoms with Crippen LogP contribution in [0.2, 0.25) is 0 Å². The van der Waals surface area contributed by atoms with Crippen molar-refractivity contribution in [3.05, 3.63) is 90.3 Å². The average Bonchev–Trinajstić information content (AvgIpc) is 3.26. The van der Waals surface area contributed by atoms with E-state index in [1.54, 1.807) is 6.20 Å². The maximum Gasteiger partial charge on any atom is 0.151 e. The van der Waals surface area contributed by atoms with E-state index in [4.69, 9.17) is 0 Å². The first kappa shape index (κ1) is 15.7. The molecule has 0 aliphatic rings. The summed E-state index contributed by atoms with van der Waals surface area (Å²) in [6.45, 7) is 0.497. The van der Waals surface area contributed by atoms with Crippen LogP contribution in [-0.4, -0.2) is 19.6 Å². The molecule has 0 radical (unpaired) electrons. The summed E-state index contributed by atoms with van der Waals surface area (Å²) < 4.78 is 30.6. The van der Waals surface area contributed by atoms with Crippen LogP contribution in [0.15, 0.2) is 72.9 Å². The topological polar surface area (TPSA) is 35.6 Å². The van der Waals surface area contributed by atoms with E-state index in [0.29, 0.717) is 12.2 Å².